The highest BCUT2D eigenvalue weighted by Crippen LogP contribution is 2.22. The Morgan fingerprint density at radius 3 is 2.86 bits per heavy atom. The molecule has 2 aromatic carbocycles. The van der Waals surface area contributed by atoms with Crippen molar-refractivity contribution in [1.82, 2.24) is 14.9 Å². The average molecular weight is 381 g/mol. The number of benzene rings is 2. The Labute approximate surface area is 161 Å². The Hall–Kier alpha value is -3.22. The number of hydrogen-bond acceptors (Lipinski definition) is 4. The zero-order valence-corrected chi connectivity index (χ0v) is 15.7. The molecule has 1 aromatic heterocycles. The summed E-state index contributed by atoms with van der Waals surface area (Å²) < 4.78 is 20.5. The first-order valence-electron chi connectivity index (χ1n) is 9.15. The van der Waals surface area contributed by atoms with Crippen molar-refractivity contribution in [3.05, 3.63) is 69.5 Å². The normalized spacial score (nSPS) is 14.0. The Morgan fingerprint density at radius 2 is 2.11 bits per heavy atom. The quantitative estimate of drug-likeness (QED) is 0.754. The fourth-order valence-corrected chi connectivity index (χ4v) is 3.54. The van der Waals surface area contributed by atoms with Crippen molar-refractivity contribution in [2.75, 3.05) is 7.11 Å². The maximum atomic E-state index is 13.9. The summed E-state index contributed by atoms with van der Waals surface area (Å²) in [4.78, 5) is 29.7. The van der Waals surface area contributed by atoms with Crippen LogP contribution in [0.1, 0.15) is 41.1 Å². The van der Waals surface area contributed by atoms with E-state index in [1.807, 2.05) is 0 Å². The molecule has 0 unspecified atom stereocenters. The molecule has 7 heteroatoms. The first-order chi connectivity index (χ1) is 13.5. The molecule has 1 atom stereocenters. The highest BCUT2D eigenvalue weighted by atomic mass is 19.1. The number of halogens is 1. The van der Waals surface area contributed by atoms with Crippen LogP contribution in [0, 0.1) is 5.82 Å². The molecule has 4 rings (SSSR count). The van der Waals surface area contributed by atoms with Crippen molar-refractivity contribution >= 4 is 16.8 Å². The van der Waals surface area contributed by atoms with E-state index in [1.54, 1.807) is 35.8 Å². The van der Waals surface area contributed by atoms with Crippen molar-refractivity contribution in [1.29, 1.82) is 0 Å². The van der Waals surface area contributed by atoms with Crippen molar-refractivity contribution in [2.45, 2.75) is 32.4 Å². The molecule has 1 aliphatic heterocycles. The molecule has 1 aliphatic rings. The van der Waals surface area contributed by atoms with Gasteiger partial charge in [0.25, 0.3) is 11.5 Å². The van der Waals surface area contributed by atoms with Gasteiger partial charge in [-0.05, 0) is 49.2 Å². The molecule has 6 nitrogen and oxygen atoms in total. The van der Waals surface area contributed by atoms with E-state index in [0.717, 1.165) is 18.7 Å². The maximum Gasteiger partial charge on any atom is 0.261 e. The van der Waals surface area contributed by atoms with Gasteiger partial charge < -0.3 is 10.1 Å². The van der Waals surface area contributed by atoms with E-state index < -0.39 is 11.9 Å². The molecule has 2 heterocycles. The molecular formula is C21H20FN3O3. The van der Waals surface area contributed by atoms with Crippen LogP contribution >= 0.6 is 0 Å². The third-order valence-electron chi connectivity index (χ3n) is 5.10. The lowest BCUT2D eigenvalue weighted by atomic mass is 10.1. The number of hydrogen-bond donors (Lipinski definition) is 1. The minimum Gasteiger partial charge on any atom is -0.494 e. The van der Waals surface area contributed by atoms with Crippen LogP contribution in [0.15, 0.2) is 41.2 Å². The fraction of sp³-hybridized carbons (Fsp3) is 0.286. The molecule has 1 N–H and O–H groups in total. The highest BCUT2D eigenvalue weighted by molar-refractivity contribution is 5.97. The summed E-state index contributed by atoms with van der Waals surface area (Å²) in [6.45, 7) is 2.47. The molecule has 1 amide bonds. The number of ether oxygens (including phenoxy) is 1. The topological polar surface area (TPSA) is 73.2 Å². The molecule has 0 aliphatic carbocycles. The molecule has 144 valence electrons. The Bertz CT molecular complexity index is 1140. The van der Waals surface area contributed by atoms with Gasteiger partial charge in [-0.3, -0.25) is 14.2 Å². The fourth-order valence-electron chi connectivity index (χ4n) is 3.54. The summed E-state index contributed by atoms with van der Waals surface area (Å²) in [6.07, 6.45) is 1.67. The van der Waals surface area contributed by atoms with E-state index in [-0.39, 0.29) is 17.2 Å². The largest absolute Gasteiger partial charge is 0.494 e. The van der Waals surface area contributed by atoms with Crippen molar-refractivity contribution in [2.24, 2.45) is 0 Å². The van der Waals surface area contributed by atoms with Gasteiger partial charge in [-0.25, -0.2) is 9.37 Å². The standard InChI is InChI=1S/C21H20FN3O3/c1-12(13-6-8-18(28-2)16(22)10-13)23-20(26)14-5-7-15-17(11-14)24-19-4-3-9-25(19)21(15)27/h5-8,10-12H,3-4,9H2,1-2H3,(H,23,26)/t12-/m0/s1. The number of carbonyl (C=O) groups is 1. The minimum atomic E-state index is -0.481. The summed E-state index contributed by atoms with van der Waals surface area (Å²) in [6, 6.07) is 9.07. The number of carbonyl (C=O) groups excluding carboxylic acids is 1. The van der Waals surface area contributed by atoms with Crippen molar-refractivity contribution < 1.29 is 13.9 Å². The van der Waals surface area contributed by atoms with Gasteiger partial charge in [0.2, 0.25) is 0 Å². The summed E-state index contributed by atoms with van der Waals surface area (Å²) in [7, 11) is 1.40. The van der Waals surface area contributed by atoms with Crippen LogP contribution in [0.2, 0.25) is 0 Å². The van der Waals surface area contributed by atoms with Crippen LogP contribution in [0.25, 0.3) is 10.9 Å². The second-order valence-electron chi connectivity index (χ2n) is 6.91. The summed E-state index contributed by atoms with van der Waals surface area (Å²) in [5, 5.41) is 3.36. The Morgan fingerprint density at radius 1 is 1.29 bits per heavy atom. The van der Waals surface area contributed by atoms with E-state index in [1.165, 1.54) is 19.2 Å². The monoisotopic (exact) mass is 381 g/mol. The number of rotatable bonds is 4. The highest BCUT2D eigenvalue weighted by Gasteiger charge is 2.18. The van der Waals surface area contributed by atoms with Gasteiger partial charge in [0.05, 0.1) is 24.1 Å². The van der Waals surface area contributed by atoms with Crippen LogP contribution in [-0.2, 0) is 13.0 Å². The smallest absolute Gasteiger partial charge is 0.261 e. The van der Waals surface area contributed by atoms with Gasteiger partial charge in [0.15, 0.2) is 11.6 Å². The molecular weight excluding hydrogens is 361 g/mol. The number of methoxy groups -OCH3 is 1. The number of nitrogens with zero attached hydrogens (tertiary/aromatic N) is 2. The summed E-state index contributed by atoms with van der Waals surface area (Å²) >= 11 is 0. The lowest BCUT2D eigenvalue weighted by molar-refractivity contribution is 0.0940. The van der Waals surface area contributed by atoms with Crippen molar-refractivity contribution in [3.8, 4) is 5.75 Å². The SMILES string of the molecule is COc1ccc([C@H](C)NC(=O)c2ccc3c(=O)n4c(nc3c2)CCC4)cc1F. The van der Waals surface area contributed by atoms with Gasteiger partial charge in [0, 0.05) is 18.5 Å². The number of fused-ring (bicyclic) bond motifs is 2. The molecule has 3 aromatic rings. The lowest BCUT2D eigenvalue weighted by Gasteiger charge is -2.15. The van der Waals surface area contributed by atoms with E-state index in [0.29, 0.717) is 28.6 Å². The predicted octanol–water partition coefficient (Wildman–Crippen LogP) is 2.98. The van der Waals surface area contributed by atoms with Crippen LogP contribution < -0.4 is 15.6 Å². The minimum absolute atomic E-state index is 0.0634. The summed E-state index contributed by atoms with van der Waals surface area (Å²) in [5.74, 6) is 0.122. The van der Waals surface area contributed by atoms with Gasteiger partial charge in [-0.15, -0.1) is 0 Å². The first-order valence-corrected chi connectivity index (χ1v) is 9.15. The third-order valence-corrected chi connectivity index (χ3v) is 5.10. The summed E-state index contributed by atoms with van der Waals surface area (Å²) in [5.41, 5.74) is 1.49. The molecule has 0 saturated heterocycles. The molecule has 0 bridgehead atoms. The Kier molecular flexibility index (Phi) is 4.58. The van der Waals surface area contributed by atoms with Crippen LogP contribution in [-0.4, -0.2) is 22.6 Å². The van der Waals surface area contributed by atoms with Gasteiger partial charge in [0.1, 0.15) is 5.82 Å². The average Bonchev–Trinajstić information content (AvgIpc) is 3.16. The lowest BCUT2D eigenvalue weighted by Crippen LogP contribution is -2.27. The van der Waals surface area contributed by atoms with E-state index in [4.69, 9.17) is 4.74 Å². The molecule has 28 heavy (non-hydrogen) atoms. The van der Waals surface area contributed by atoms with Gasteiger partial charge in [-0.1, -0.05) is 6.07 Å². The Balaban J connectivity index is 1.59. The van der Waals surface area contributed by atoms with Crippen molar-refractivity contribution in [3.63, 3.8) is 0 Å². The van der Waals surface area contributed by atoms with Crippen LogP contribution in [0.3, 0.4) is 0 Å². The predicted molar refractivity (Wildman–Crippen MR) is 103 cm³/mol. The number of aryl methyl sites for hydroxylation is 1. The molecule has 0 fully saturated rings. The maximum absolute atomic E-state index is 13.9. The van der Waals surface area contributed by atoms with E-state index in [9.17, 15) is 14.0 Å². The second-order valence-corrected chi connectivity index (χ2v) is 6.91. The van der Waals surface area contributed by atoms with Crippen LogP contribution in [0.4, 0.5) is 4.39 Å². The van der Waals surface area contributed by atoms with E-state index in [2.05, 4.69) is 10.3 Å². The van der Waals surface area contributed by atoms with E-state index >= 15 is 0 Å². The third kappa shape index (κ3) is 3.13. The number of amides is 1. The van der Waals surface area contributed by atoms with Gasteiger partial charge in [-0.2, -0.15) is 0 Å². The second kappa shape index (κ2) is 7.07. The molecule has 0 radical (unpaired) electrons. The first kappa shape index (κ1) is 18.2. The number of nitrogens with one attached hydrogen (secondary N) is 1. The van der Waals surface area contributed by atoms with Crippen LogP contribution in [0.5, 0.6) is 5.75 Å². The molecule has 0 spiro atoms. The number of aromatic nitrogens is 2. The molecule has 0 saturated carbocycles. The zero-order chi connectivity index (χ0) is 19.8. The zero-order valence-electron chi connectivity index (χ0n) is 15.7. The van der Waals surface area contributed by atoms with Gasteiger partial charge >= 0.3 is 0 Å².